The van der Waals surface area contributed by atoms with Gasteiger partial charge in [-0.1, -0.05) is 6.07 Å². The number of benzene rings is 3. The molecule has 0 fully saturated rings. The first-order valence-electron chi connectivity index (χ1n) is 9.26. The molecule has 0 aliphatic rings. The summed E-state index contributed by atoms with van der Waals surface area (Å²) >= 11 is 0. The summed E-state index contributed by atoms with van der Waals surface area (Å²) in [6, 6.07) is 3.22. The zero-order chi connectivity index (χ0) is 27.9. The third kappa shape index (κ3) is 3.73. The Kier molecular flexibility index (Phi) is 5.85. The number of anilines is 2. The van der Waals surface area contributed by atoms with Crippen molar-refractivity contribution >= 4 is 32.9 Å². The second-order valence-corrected chi connectivity index (χ2v) is 7.80. The van der Waals surface area contributed by atoms with E-state index in [1.165, 1.54) is 0 Å². The molecule has 3 aromatic carbocycles. The van der Waals surface area contributed by atoms with Gasteiger partial charge >= 0.3 is 24.7 Å². The number of rotatable bonds is 2. The van der Waals surface area contributed by atoms with Gasteiger partial charge in [0.25, 0.3) is 11.2 Å². The topological polar surface area (TPSA) is 92.5 Å². The Morgan fingerprint density at radius 1 is 0.500 bits per heavy atom. The predicted octanol–water partition coefficient (Wildman–Crippen LogP) is 5.78. The van der Waals surface area contributed by atoms with Crippen molar-refractivity contribution < 1.29 is 62.9 Å². The van der Waals surface area contributed by atoms with Gasteiger partial charge in [-0.3, -0.25) is 0 Å². The summed E-state index contributed by atoms with van der Waals surface area (Å²) in [7, 11) is 0. The molecule has 0 saturated carbocycles. The Labute approximate surface area is 191 Å². The minimum Gasteiger partial charge on any atom is -0.398 e. The molecule has 0 amide bonds. The number of alkyl halides is 12. The lowest BCUT2D eigenvalue weighted by Gasteiger charge is -2.34. The standard InChI is InChI=1S/C20H12F12N2O2/c21-17(22,23)15(35,18(24,25)26)11-5-9-4-10-7(3-8(9)6-13(11)34)1-2-12(33)14(10)16(36,19(27,28)29)20(30,31)32/h1-6,35-36H,33-34H2. The van der Waals surface area contributed by atoms with Crippen LogP contribution in [0.3, 0.4) is 0 Å². The molecular weight excluding hydrogens is 528 g/mol. The van der Waals surface area contributed by atoms with Gasteiger partial charge in [0.05, 0.1) is 0 Å². The Morgan fingerprint density at radius 2 is 0.944 bits per heavy atom. The predicted molar refractivity (Wildman–Crippen MR) is 102 cm³/mol. The van der Waals surface area contributed by atoms with E-state index >= 15 is 0 Å². The number of hydrogen-bond acceptors (Lipinski definition) is 4. The molecule has 0 bridgehead atoms. The Balaban J connectivity index is 2.51. The zero-order valence-electron chi connectivity index (χ0n) is 17.0. The quantitative estimate of drug-likeness (QED) is 0.188. The molecule has 0 unspecified atom stereocenters. The molecule has 0 spiro atoms. The normalized spacial score (nSPS) is 14.6. The largest absolute Gasteiger partial charge is 0.430 e. The summed E-state index contributed by atoms with van der Waals surface area (Å²) in [4.78, 5) is 0. The Morgan fingerprint density at radius 3 is 1.39 bits per heavy atom. The first-order chi connectivity index (χ1) is 16.0. The van der Waals surface area contributed by atoms with Gasteiger partial charge in [0.2, 0.25) is 0 Å². The highest BCUT2D eigenvalue weighted by molar-refractivity contribution is 6.03. The van der Waals surface area contributed by atoms with Crippen molar-refractivity contribution in [2.24, 2.45) is 0 Å². The first-order valence-corrected chi connectivity index (χ1v) is 9.26. The molecule has 0 radical (unpaired) electrons. The van der Waals surface area contributed by atoms with Crippen molar-refractivity contribution in [2.75, 3.05) is 11.5 Å². The van der Waals surface area contributed by atoms with Gasteiger partial charge in [-0.25, -0.2) is 0 Å². The van der Waals surface area contributed by atoms with Gasteiger partial charge in [-0.05, 0) is 51.9 Å². The van der Waals surface area contributed by atoms with Gasteiger partial charge in [-0.2, -0.15) is 52.7 Å². The van der Waals surface area contributed by atoms with Crippen LogP contribution in [0, 0.1) is 0 Å². The second-order valence-electron chi connectivity index (χ2n) is 7.80. The maximum absolute atomic E-state index is 13.5. The van der Waals surface area contributed by atoms with Crippen molar-refractivity contribution in [1.82, 2.24) is 0 Å². The summed E-state index contributed by atoms with van der Waals surface area (Å²) in [5.74, 6) is 0. The summed E-state index contributed by atoms with van der Waals surface area (Å²) in [5.41, 5.74) is -6.80. The third-order valence-corrected chi connectivity index (χ3v) is 5.57. The molecule has 16 heteroatoms. The fourth-order valence-corrected chi connectivity index (χ4v) is 3.79. The van der Waals surface area contributed by atoms with Crippen LogP contribution >= 0.6 is 0 Å². The van der Waals surface area contributed by atoms with Crippen molar-refractivity contribution in [3.63, 3.8) is 0 Å². The van der Waals surface area contributed by atoms with Gasteiger partial charge in [-0.15, -0.1) is 0 Å². The molecule has 0 aliphatic heterocycles. The molecule has 0 aromatic heterocycles. The minimum atomic E-state index is -6.40. The average molecular weight is 540 g/mol. The highest BCUT2D eigenvalue weighted by atomic mass is 19.4. The van der Waals surface area contributed by atoms with Crippen LogP contribution in [-0.4, -0.2) is 34.9 Å². The molecule has 0 atom stereocenters. The Bertz CT molecular complexity index is 1310. The molecule has 36 heavy (non-hydrogen) atoms. The summed E-state index contributed by atoms with van der Waals surface area (Å²) < 4.78 is 161. The summed E-state index contributed by atoms with van der Waals surface area (Å²) in [6.07, 6.45) is -25.6. The van der Waals surface area contributed by atoms with E-state index < -0.39 is 74.6 Å². The lowest BCUT2D eigenvalue weighted by atomic mass is 9.84. The maximum atomic E-state index is 13.5. The van der Waals surface area contributed by atoms with E-state index in [1.54, 1.807) is 0 Å². The van der Waals surface area contributed by atoms with Crippen molar-refractivity contribution in [3.05, 3.63) is 47.5 Å². The lowest BCUT2D eigenvalue weighted by molar-refractivity contribution is -0.376. The number of aliphatic hydroxyl groups is 2. The van der Waals surface area contributed by atoms with Gasteiger partial charge in [0.1, 0.15) is 0 Å². The van der Waals surface area contributed by atoms with Crippen LogP contribution in [-0.2, 0) is 11.2 Å². The number of halogens is 12. The fraction of sp³-hybridized carbons (Fsp3) is 0.300. The fourth-order valence-electron chi connectivity index (χ4n) is 3.79. The molecule has 3 rings (SSSR count). The van der Waals surface area contributed by atoms with E-state index in [1.807, 2.05) is 0 Å². The minimum absolute atomic E-state index is 0.0261. The molecule has 0 heterocycles. The third-order valence-electron chi connectivity index (χ3n) is 5.57. The number of fused-ring (bicyclic) bond motifs is 2. The molecule has 4 nitrogen and oxygen atoms in total. The van der Waals surface area contributed by atoms with Crippen LogP contribution in [0.4, 0.5) is 64.1 Å². The van der Waals surface area contributed by atoms with E-state index in [4.69, 9.17) is 11.5 Å². The SMILES string of the molecule is Nc1cc2cc3ccc(N)c(C(O)(C(F)(F)F)C(F)(F)F)c3cc2cc1C(O)(C(F)(F)F)C(F)(F)F. The summed E-state index contributed by atoms with van der Waals surface area (Å²) in [5, 5.41) is 16.9. The monoisotopic (exact) mass is 540 g/mol. The zero-order valence-corrected chi connectivity index (χ0v) is 17.0. The van der Waals surface area contributed by atoms with Crippen LogP contribution in [0.25, 0.3) is 21.5 Å². The molecule has 198 valence electrons. The highest BCUT2D eigenvalue weighted by Gasteiger charge is 2.73. The Hall–Kier alpha value is -3.14. The molecule has 3 aromatic rings. The molecule has 0 saturated heterocycles. The van der Waals surface area contributed by atoms with Gasteiger partial charge in [0, 0.05) is 22.5 Å². The highest BCUT2D eigenvalue weighted by Crippen LogP contribution is 2.55. The first kappa shape index (κ1) is 27.4. The summed E-state index contributed by atoms with van der Waals surface area (Å²) in [6.45, 7) is 0. The van der Waals surface area contributed by atoms with E-state index in [0.717, 1.165) is 12.1 Å². The van der Waals surface area contributed by atoms with E-state index in [2.05, 4.69) is 0 Å². The van der Waals surface area contributed by atoms with Crippen molar-refractivity contribution in [3.8, 4) is 0 Å². The maximum Gasteiger partial charge on any atom is 0.430 e. The molecule has 0 aliphatic carbocycles. The van der Waals surface area contributed by atoms with Crippen LogP contribution in [0.2, 0.25) is 0 Å². The van der Waals surface area contributed by atoms with Crippen LogP contribution < -0.4 is 11.5 Å². The number of hydrogen-bond donors (Lipinski definition) is 4. The van der Waals surface area contributed by atoms with Gasteiger partial charge in [0.15, 0.2) is 0 Å². The second kappa shape index (κ2) is 7.68. The van der Waals surface area contributed by atoms with E-state index in [0.29, 0.717) is 18.2 Å². The molecule has 6 N–H and O–H groups in total. The number of nitrogen functional groups attached to an aromatic ring is 2. The lowest BCUT2D eigenvalue weighted by Crippen LogP contribution is -2.54. The van der Waals surface area contributed by atoms with Crippen LogP contribution in [0.1, 0.15) is 11.1 Å². The average Bonchev–Trinajstić information content (AvgIpc) is 2.67. The smallest absolute Gasteiger partial charge is 0.398 e. The van der Waals surface area contributed by atoms with Gasteiger partial charge < -0.3 is 21.7 Å². The van der Waals surface area contributed by atoms with Crippen molar-refractivity contribution in [1.29, 1.82) is 0 Å². The molecular formula is C20H12F12N2O2. The van der Waals surface area contributed by atoms with Crippen molar-refractivity contribution in [2.45, 2.75) is 35.9 Å². The van der Waals surface area contributed by atoms with E-state index in [9.17, 15) is 62.9 Å². The van der Waals surface area contributed by atoms with Crippen LogP contribution in [0.5, 0.6) is 0 Å². The van der Waals surface area contributed by atoms with Crippen LogP contribution in [0.15, 0.2) is 36.4 Å². The number of nitrogens with two attached hydrogens (primary N) is 2. The van der Waals surface area contributed by atoms with E-state index in [-0.39, 0.29) is 11.5 Å².